The molecule has 1 saturated carbocycles. The molecule has 0 bridgehead atoms. The minimum Gasteiger partial charge on any atom is -0.502 e. The molecule has 0 unspecified atom stereocenters. The predicted octanol–water partition coefficient (Wildman–Crippen LogP) is 8.15. The van der Waals surface area contributed by atoms with Gasteiger partial charge in [-0.05, 0) is 96.6 Å². The number of carbonyl (C=O) groups is 5. The summed E-state index contributed by atoms with van der Waals surface area (Å²) in [4.78, 5) is 74.5. The number of halogens is 2. The highest BCUT2D eigenvalue weighted by Crippen LogP contribution is 2.65. The highest BCUT2D eigenvalue weighted by atomic mass is 35.5. The molecule has 2 aliphatic carbocycles. The van der Waals surface area contributed by atoms with Gasteiger partial charge in [-0.15, -0.1) is 0 Å². The molecule has 2 heterocycles. The Morgan fingerprint density at radius 1 is 0.758 bits per heavy atom. The lowest BCUT2D eigenvalue weighted by Crippen LogP contribution is -2.53. The van der Waals surface area contributed by atoms with Gasteiger partial charge in [-0.3, -0.25) is 34.3 Å². The third-order valence-corrected chi connectivity index (χ3v) is 13.4. The number of anilines is 2. The van der Waals surface area contributed by atoms with Crippen molar-refractivity contribution in [3.05, 3.63) is 153 Å². The van der Waals surface area contributed by atoms with Crippen LogP contribution in [-0.2, 0) is 24.6 Å². The molecule has 314 valence electrons. The average molecular weight is 873 g/mol. The third-order valence-electron chi connectivity index (χ3n) is 12.8. The Kier molecular flexibility index (Phi) is 10.3. The summed E-state index contributed by atoms with van der Waals surface area (Å²) in [5.74, 6) is -6.28. The number of benzene rings is 5. The first-order chi connectivity index (χ1) is 29.9. The van der Waals surface area contributed by atoms with Crippen molar-refractivity contribution in [2.45, 2.75) is 24.2 Å². The van der Waals surface area contributed by atoms with E-state index in [1.165, 1.54) is 32.3 Å². The number of imide groups is 2. The maximum absolute atomic E-state index is 15.6. The second-order valence-electron chi connectivity index (χ2n) is 15.7. The average Bonchev–Trinajstić information content (AvgIpc) is 3.67. The summed E-state index contributed by atoms with van der Waals surface area (Å²) in [7, 11) is 4.30. The summed E-state index contributed by atoms with van der Waals surface area (Å²) in [6.45, 7) is 0. The highest BCUT2D eigenvalue weighted by molar-refractivity contribution is 6.36. The quantitative estimate of drug-likeness (QED) is 0.0800. The molecule has 4 aliphatic rings. The number of hydrogen-bond acceptors (Lipinski definition) is 10. The minimum absolute atomic E-state index is 0.0242. The van der Waals surface area contributed by atoms with Crippen LogP contribution < -0.4 is 24.5 Å². The zero-order valence-corrected chi connectivity index (χ0v) is 35.1. The van der Waals surface area contributed by atoms with Gasteiger partial charge in [-0.25, -0.2) is 0 Å². The second-order valence-corrected chi connectivity index (χ2v) is 16.6. The molecule has 0 aromatic heterocycles. The number of hydrazine groups is 1. The van der Waals surface area contributed by atoms with E-state index in [-0.39, 0.29) is 46.6 Å². The van der Waals surface area contributed by atoms with Gasteiger partial charge in [0.05, 0.1) is 60.9 Å². The smallest absolute Gasteiger partial charge is 0.260 e. The molecule has 5 aromatic carbocycles. The zero-order valence-electron chi connectivity index (χ0n) is 33.6. The molecular formula is C48H39Cl2N3O9. The predicted molar refractivity (Wildman–Crippen MR) is 231 cm³/mol. The van der Waals surface area contributed by atoms with Crippen molar-refractivity contribution >= 4 is 64.0 Å². The van der Waals surface area contributed by atoms with Crippen molar-refractivity contribution in [2.24, 2.45) is 23.7 Å². The fraction of sp³-hybridized carbons (Fsp3) is 0.229. The Balaban J connectivity index is 1.19. The van der Waals surface area contributed by atoms with Crippen LogP contribution >= 0.6 is 23.2 Å². The molecule has 14 heteroatoms. The molecule has 2 aliphatic heterocycles. The van der Waals surface area contributed by atoms with E-state index in [9.17, 15) is 19.5 Å². The van der Waals surface area contributed by atoms with Gasteiger partial charge >= 0.3 is 0 Å². The molecule has 6 atom stereocenters. The van der Waals surface area contributed by atoms with Crippen LogP contribution in [0, 0.1) is 23.7 Å². The Morgan fingerprint density at radius 2 is 1.42 bits per heavy atom. The molecule has 2 N–H and O–H groups in total. The standard InChI is InChI=1S/C48H39Cl2N3O9/c1-60-31-16-11-28(12-17-31)48-35(45(57)53(47(48)59)51-37-20-13-29(49)23-36(37)50)24-34-32(41(48)27-21-38(61-2)43(55)39(22-27)62-3)18-19-33-40(34)46(58)52(44(33)56)30-14-9-26(10-15-30)42(54)25-7-5-4-6-8-25/h4-18,20-23,33-35,40-41,51,55H,19,24H2,1-3H3/t33-,34+,35-,40-,41-,48+/m0/s1. The number of amides is 4. The van der Waals surface area contributed by atoms with E-state index in [0.29, 0.717) is 44.3 Å². The number of methoxy groups -OCH3 is 3. The summed E-state index contributed by atoms with van der Waals surface area (Å²) in [6, 6.07) is 30.0. The summed E-state index contributed by atoms with van der Waals surface area (Å²) < 4.78 is 16.7. The van der Waals surface area contributed by atoms with Crippen LogP contribution in [-0.4, -0.2) is 60.9 Å². The SMILES string of the molecule is COc1ccc([C@@]23C(=O)N(Nc4ccc(Cl)cc4Cl)C(=O)[C@@H]2C[C@@H]2C(=CC[C@@H]4C(=O)N(c5ccc(C(=O)c6ccccc6)cc5)C(=O)[C@@H]42)[C@@H]3c2cc(OC)c(O)c(OC)c2)cc1. The second kappa shape index (κ2) is 15.7. The number of hydrogen-bond donors (Lipinski definition) is 2. The molecule has 4 amide bonds. The lowest BCUT2D eigenvalue weighted by Gasteiger charge is -2.50. The van der Waals surface area contributed by atoms with Crippen LogP contribution in [0.25, 0.3) is 0 Å². The van der Waals surface area contributed by atoms with Gasteiger partial charge in [0.15, 0.2) is 17.3 Å². The van der Waals surface area contributed by atoms with Crippen LogP contribution in [0.2, 0.25) is 10.0 Å². The highest BCUT2D eigenvalue weighted by Gasteiger charge is 2.70. The summed E-state index contributed by atoms with van der Waals surface area (Å²) in [5.41, 5.74) is 4.43. The van der Waals surface area contributed by atoms with Gasteiger partial charge in [0.2, 0.25) is 17.6 Å². The number of aromatic hydroxyl groups is 1. The topological polar surface area (TPSA) is 152 Å². The van der Waals surface area contributed by atoms with Crippen molar-refractivity contribution in [3.63, 3.8) is 0 Å². The van der Waals surface area contributed by atoms with E-state index in [4.69, 9.17) is 37.4 Å². The fourth-order valence-electron chi connectivity index (χ4n) is 10.1. The Hall–Kier alpha value is -6.63. The summed E-state index contributed by atoms with van der Waals surface area (Å²) >= 11 is 12.8. The Labute approximate surface area is 366 Å². The van der Waals surface area contributed by atoms with Crippen molar-refractivity contribution in [1.29, 1.82) is 0 Å². The van der Waals surface area contributed by atoms with E-state index in [1.807, 2.05) is 12.1 Å². The largest absolute Gasteiger partial charge is 0.502 e. The van der Waals surface area contributed by atoms with E-state index in [0.717, 1.165) is 5.01 Å². The number of rotatable bonds is 10. The Bertz CT molecular complexity index is 2680. The maximum atomic E-state index is 15.6. The third kappa shape index (κ3) is 6.22. The van der Waals surface area contributed by atoms with Crippen LogP contribution in [0.5, 0.6) is 23.0 Å². The van der Waals surface area contributed by atoms with Crippen LogP contribution in [0.1, 0.15) is 45.8 Å². The zero-order chi connectivity index (χ0) is 43.6. The van der Waals surface area contributed by atoms with Crippen molar-refractivity contribution in [2.75, 3.05) is 31.7 Å². The van der Waals surface area contributed by atoms with E-state index in [2.05, 4.69) is 5.43 Å². The molecule has 2 saturated heterocycles. The number of phenolic OH excluding ortho intramolecular Hbond substituents is 1. The summed E-state index contributed by atoms with van der Waals surface area (Å²) in [6.07, 6.45) is 2.11. The van der Waals surface area contributed by atoms with Crippen molar-refractivity contribution < 1.29 is 43.3 Å². The first-order valence-electron chi connectivity index (χ1n) is 19.9. The monoisotopic (exact) mass is 871 g/mol. The molecule has 0 spiro atoms. The number of carbonyl (C=O) groups excluding carboxylic acids is 5. The number of ketones is 1. The number of allylic oxidation sites excluding steroid dienone is 2. The number of nitrogens with zero attached hydrogens (tertiary/aromatic N) is 2. The van der Waals surface area contributed by atoms with Crippen molar-refractivity contribution in [3.8, 4) is 23.0 Å². The van der Waals surface area contributed by atoms with Crippen LogP contribution in [0.3, 0.4) is 0 Å². The number of ether oxygens (including phenoxy) is 3. The molecule has 12 nitrogen and oxygen atoms in total. The molecule has 5 aromatic rings. The molecule has 62 heavy (non-hydrogen) atoms. The number of nitrogens with one attached hydrogen (secondary N) is 1. The molecular weight excluding hydrogens is 833 g/mol. The normalized spacial score (nSPS) is 24.0. The first-order valence-corrected chi connectivity index (χ1v) is 20.7. The van der Waals surface area contributed by atoms with Crippen molar-refractivity contribution in [1.82, 2.24) is 5.01 Å². The fourth-order valence-corrected chi connectivity index (χ4v) is 10.5. The lowest BCUT2D eigenvalue weighted by atomic mass is 9.49. The van der Waals surface area contributed by atoms with Gasteiger partial charge in [-0.2, -0.15) is 5.01 Å². The minimum atomic E-state index is -1.66. The van der Waals surface area contributed by atoms with Gasteiger partial charge in [0.25, 0.3) is 11.8 Å². The number of fused-ring (bicyclic) bond motifs is 4. The lowest BCUT2D eigenvalue weighted by molar-refractivity contribution is -0.138. The van der Waals surface area contributed by atoms with E-state index >= 15 is 9.59 Å². The Morgan fingerprint density at radius 3 is 2.05 bits per heavy atom. The van der Waals surface area contributed by atoms with Gasteiger partial charge < -0.3 is 19.3 Å². The van der Waals surface area contributed by atoms with Crippen LogP contribution in [0.4, 0.5) is 11.4 Å². The summed E-state index contributed by atoms with van der Waals surface area (Å²) in [5, 5.41) is 12.6. The van der Waals surface area contributed by atoms with E-state index < -0.39 is 58.6 Å². The van der Waals surface area contributed by atoms with Gasteiger partial charge in [0, 0.05) is 22.1 Å². The van der Waals surface area contributed by atoms with Gasteiger partial charge in [-0.1, -0.05) is 77.3 Å². The van der Waals surface area contributed by atoms with Gasteiger partial charge in [0.1, 0.15) is 5.75 Å². The number of phenols is 1. The first kappa shape index (κ1) is 40.8. The van der Waals surface area contributed by atoms with E-state index in [1.54, 1.807) is 97.1 Å². The molecule has 9 rings (SSSR count). The molecule has 3 fully saturated rings. The molecule has 0 radical (unpaired) electrons. The van der Waals surface area contributed by atoms with Crippen LogP contribution in [0.15, 0.2) is 121 Å². The maximum Gasteiger partial charge on any atom is 0.260 e.